The van der Waals surface area contributed by atoms with Gasteiger partial charge in [0.2, 0.25) is 0 Å². The molecule has 0 radical (unpaired) electrons. The number of para-hydroxylation sites is 1. The Bertz CT molecular complexity index is 515. The predicted molar refractivity (Wildman–Crippen MR) is 71.4 cm³/mol. The number of aryl methyl sites for hydroxylation is 3. The summed E-state index contributed by atoms with van der Waals surface area (Å²) in [4.78, 5) is 0. The van der Waals surface area contributed by atoms with Gasteiger partial charge in [0, 0.05) is 0 Å². The van der Waals surface area contributed by atoms with Gasteiger partial charge in [0.25, 0.3) is 0 Å². The van der Waals surface area contributed by atoms with Crippen molar-refractivity contribution in [3.8, 4) is 5.75 Å². The Kier molecular flexibility index (Phi) is 3.48. The number of rotatable bonds is 3. The van der Waals surface area contributed by atoms with Gasteiger partial charge in [0.05, 0.1) is 0 Å². The molecule has 0 N–H and O–H groups in total. The molecule has 0 unspecified atom stereocenters. The summed E-state index contributed by atoms with van der Waals surface area (Å²) in [5.41, 5.74) is 5.04. The molecule has 0 aliphatic rings. The average Bonchev–Trinajstić information content (AvgIpc) is 2.32. The molecule has 0 atom stereocenters. The fraction of sp³-hybridized carbons (Fsp3) is 0.250. The second-order valence-corrected chi connectivity index (χ2v) is 4.47. The van der Waals surface area contributed by atoms with Crippen LogP contribution in [0.4, 0.5) is 0 Å². The van der Waals surface area contributed by atoms with Crippen molar-refractivity contribution in [2.24, 2.45) is 0 Å². The van der Waals surface area contributed by atoms with E-state index in [1.54, 1.807) is 0 Å². The van der Waals surface area contributed by atoms with Gasteiger partial charge in [-0.1, -0.05) is 36.4 Å². The number of ether oxygens (including phenoxy) is 1. The van der Waals surface area contributed by atoms with Gasteiger partial charge in [-0.05, 0) is 49.1 Å². The van der Waals surface area contributed by atoms with Gasteiger partial charge in [0.1, 0.15) is 12.4 Å². The van der Waals surface area contributed by atoms with Crippen molar-refractivity contribution in [2.45, 2.75) is 27.4 Å². The third-order valence-electron chi connectivity index (χ3n) is 3.06. The first-order chi connectivity index (χ1) is 8.16. The molecule has 17 heavy (non-hydrogen) atoms. The summed E-state index contributed by atoms with van der Waals surface area (Å²) >= 11 is 0. The lowest BCUT2D eigenvalue weighted by atomic mass is 10.1. The Morgan fingerprint density at radius 3 is 2.29 bits per heavy atom. The third-order valence-corrected chi connectivity index (χ3v) is 3.06. The highest BCUT2D eigenvalue weighted by Crippen LogP contribution is 2.18. The van der Waals surface area contributed by atoms with Crippen molar-refractivity contribution < 1.29 is 4.74 Å². The molecule has 0 aromatic heterocycles. The lowest BCUT2D eigenvalue weighted by Crippen LogP contribution is -1.97. The van der Waals surface area contributed by atoms with Crippen LogP contribution in [0.5, 0.6) is 5.75 Å². The van der Waals surface area contributed by atoms with Crippen molar-refractivity contribution in [1.29, 1.82) is 0 Å². The van der Waals surface area contributed by atoms with E-state index in [-0.39, 0.29) is 0 Å². The zero-order chi connectivity index (χ0) is 12.3. The van der Waals surface area contributed by atoms with Crippen LogP contribution in [0.3, 0.4) is 0 Å². The zero-order valence-corrected chi connectivity index (χ0v) is 10.7. The third kappa shape index (κ3) is 2.88. The maximum absolute atomic E-state index is 5.82. The van der Waals surface area contributed by atoms with Crippen LogP contribution in [-0.2, 0) is 6.61 Å². The molecule has 2 aromatic carbocycles. The van der Waals surface area contributed by atoms with Gasteiger partial charge < -0.3 is 4.74 Å². The molecule has 0 fully saturated rings. The van der Waals surface area contributed by atoms with Crippen LogP contribution in [0, 0.1) is 20.8 Å². The molecule has 2 aromatic rings. The van der Waals surface area contributed by atoms with Crippen molar-refractivity contribution in [3.05, 3.63) is 64.7 Å². The highest BCUT2D eigenvalue weighted by atomic mass is 16.5. The second-order valence-electron chi connectivity index (χ2n) is 4.47. The molecule has 1 heteroatoms. The second kappa shape index (κ2) is 5.05. The summed E-state index contributed by atoms with van der Waals surface area (Å²) in [6.07, 6.45) is 0. The molecule has 0 spiro atoms. The molecular formula is C16H18O. The minimum Gasteiger partial charge on any atom is -0.489 e. The van der Waals surface area contributed by atoms with Gasteiger partial charge in [0.15, 0.2) is 0 Å². The molecule has 0 saturated carbocycles. The van der Waals surface area contributed by atoms with Crippen LogP contribution in [0.15, 0.2) is 42.5 Å². The van der Waals surface area contributed by atoms with Crippen LogP contribution >= 0.6 is 0 Å². The van der Waals surface area contributed by atoms with E-state index in [1.807, 2.05) is 18.2 Å². The molecule has 0 amide bonds. The van der Waals surface area contributed by atoms with Gasteiger partial charge >= 0.3 is 0 Å². The number of hydrogen-bond acceptors (Lipinski definition) is 1. The minimum atomic E-state index is 0.631. The largest absolute Gasteiger partial charge is 0.489 e. The average molecular weight is 226 g/mol. The molecule has 0 aliphatic carbocycles. The van der Waals surface area contributed by atoms with Crippen molar-refractivity contribution in [3.63, 3.8) is 0 Å². The maximum atomic E-state index is 5.82. The standard InChI is InChI=1S/C16H18O/c1-12-8-9-15(10-14(12)3)11-17-16-7-5-4-6-13(16)2/h4-10H,11H2,1-3H3. The first-order valence-electron chi connectivity index (χ1n) is 5.91. The van der Waals surface area contributed by atoms with E-state index in [9.17, 15) is 0 Å². The smallest absolute Gasteiger partial charge is 0.122 e. The van der Waals surface area contributed by atoms with E-state index in [0.29, 0.717) is 6.61 Å². The minimum absolute atomic E-state index is 0.631. The Hall–Kier alpha value is -1.76. The van der Waals surface area contributed by atoms with E-state index < -0.39 is 0 Å². The van der Waals surface area contributed by atoms with E-state index in [1.165, 1.54) is 22.3 Å². The summed E-state index contributed by atoms with van der Waals surface area (Å²) in [5, 5.41) is 0. The summed E-state index contributed by atoms with van der Waals surface area (Å²) in [6, 6.07) is 14.6. The normalized spacial score (nSPS) is 10.3. The van der Waals surface area contributed by atoms with Gasteiger partial charge in [-0.25, -0.2) is 0 Å². The SMILES string of the molecule is Cc1ccc(COc2ccccc2C)cc1C. The lowest BCUT2D eigenvalue weighted by molar-refractivity contribution is 0.304. The molecule has 0 aliphatic heterocycles. The molecule has 0 saturated heterocycles. The molecule has 1 nitrogen and oxygen atoms in total. The van der Waals surface area contributed by atoms with Crippen LogP contribution in [0.1, 0.15) is 22.3 Å². The van der Waals surface area contributed by atoms with Crippen LogP contribution in [0.25, 0.3) is 0 Å². The summed E-state index contributed by atoms with van der Waals surface area (Å²) in [5.74, 6) is 0.964. The van der Waals surface area contributed by atoms with Gasteiger partial charge in [-0.3, -0.25) is 0 Å². The Labute approximate surface area is 103 Å². The monoisotopic (exact) mass is 226 g/mol. The first kappa shape index (κ1) is 11.7. The maximum Gasteiger partial charge on any atom is 0.122 e. The molecule has 0 bridgehead atoms. The predicted octanol–water partition coefficient (Wildman–Crippen LogP) is 4.19. The highest BCUT2D eigenvalue weighted by Gasteiger charge is 2.00. The van der Waals surface area contributed by atoms with E-state index in [0.717, 1.165) is 5.75 Å². The number of hydrogen-bond donors (Lipinski definition) is 0. The number of benzene rings is 2. The van der Waals surface area contributed by atoms with E-state index in [2.05, 4.69) is 45.0 Å². The van der Waals surface area contributed by atoms with E-state index in [4.69, 9.17) is 4.74 Å². The Morgan fingerprint density at radius 1 is 0.824 bits per heavy atom. The summed E-state index contributed by atoms with van der Waals surface area (Å²) in [6.45, 7) is 6.95. The molecule has 0 heterocycles. The quantitative estimate of drug-likeness (QED) is 0.762. The summed E-state index contributed by atoms with van der Waals surface area (Å²) in [7, 11) is 0. The Morgan fingerprint density at radius 2 is 1.59 bits per heavy atom. The lowest BCUT2D eigenvalue weighted by Gasteiger charge is -2.10. The first-order valence-corrected chi connectivity index (χ1v) is 5.91. The highest BCUT2D eigenvalue weighted by molar-refractivity contribution is 5.33. The molecule has 2 rings (SSSR count). The molecule has 88 valence electrons. The van der Waals surface area contributed by atoms with Crippen LogP contribution < -0.4 is 4.74 Å². The van der Waals surface area contributed by atoms with Crippen LogP contribution in [-0.4, -0.2) is 0 Å². The van der Waals surface area contributed by atoms with E-state index >= 15 is 0 Å². The van der Waals surface area contributed by atoms with Crippen molar-refractivity contribution >= 4 is 0 Å². The van der Waals surface area contributed by atoms with Gasteiger partial charge in [-0.2, -0.15) is 0 Å². The fourth-order valence-corrected chi connectivity index (χ4v) is 1.77. The van der Waals surface area contributed by atoms with Gasteiger partial charge in [-0.15, -0.1) is 0 Å². The van der Waals surface area contributed by atoms with Crippen molar-refractivity contribution in [1.82, 2.24) is 0 Å². The molecular weight excluding hydrogens is 208 g/mol. The van der Waals surface area contributed by atoms with Crippen molar-refractivity contribution in [2.75, 3.05) is 0 Å². The summed E-state index contributed by atoms with van der Waals surface area (Å²) < 4.78 is 5.82. The zero-order valence-electron chi connectivity index (χ0n) is 10.7. The fourth-order valence-electron chi connectivity index (χ4n) is 1.77. The Balaban J connectivity index is 2.08. The topological polar surface area (TPSA) is 9.23 Å². The van der Waals surface area contributed by atoms with Crippen LogP contribution in [0.2, 0.25) is 0 Å².